The maximum atomic E-state index is 9.50. The molecule has 6 N–H and O–H groups in total. The SMILES string of the molecule is Cc1c(O)ccc(Nc2ccc(N)cc2)c1N. The Morgan fingerprint density at radius 1 is 1.00 bits per heavy atom. The molecule has 2 rings (SSSR count). The normalized spacial score (nSPS) is 10.2. The van der Waals surface area contributed by atoms with Crippen LogP contribution in [0.25, 0.3) is 0 Å². The molecule has 2 aromatic rings. The van der Waals surface area contributed by atoms with Crippen molar-refractivity contribution in [2.75, 3.05) is 16.8 Å². The summed E-state index contributed by atoms with van der Waals surface area (Å²) >= 11 is 0. The van der Waals surface area contributed by atoms with Crippen molar-refractivity contribution in [3.05, 3.63) is 42.0 Å². The third-order valence-electron chi connectivity index (χ3n) is 2.68. The largest absolute Gasteiger partial charge is 0.508 e. The Balaban J connectivity index is 2.30. The minimum atomic E-state index is 0.199. The monoisotopic (exact) mass is 229 g/mol. The number of nitrogen functional groups attached to an aromatic ring is 2. The van der Waals surface area contributed by atoms with Gasteiger partial charge in [-0.1, -0.05) is 0 Å². The van der Waals surface area contributed by atoms with Crippen LogP contribution < -0.4 is 16.8 Å². The summed E-state index contributed by atoms with van der Waals surface area (Å²) in [4.78, 5) is 0. The molecule has 0 amide bonds. The molecule has 2 aromatic carbocycles. The van der Waals surface area contributed by atoms with Crippen LogP contribution in [0.3, 0.4) is 0 Å². The fourth-order valence-corrected chi connectivity index (χ4v) is 1.55. The van der Waals surface area contributed by atoms with Gasteiger partial charge in [-0.25, -0.2) is 0 Å². The standard InChI is InChI=1S/C13H15N3O/c1-8-12(17)7-6-11(13(8)15)16-10-4-2-9(14)3-5-10/h2-7,16-17H,14-15H2,1H3. The number of anilines is 4. The van der Waals surface area contributed by atoms with Gasteiger partial charge >= 0.3 is 0 Å². The molecule has 88 valence electrons. The Kier molecular flexibility index (Phi) is 2.78. The number of nitrogens with one attached hydrogen (secondary N) is 1. The molecule has 0 bridgehead atoms. The van der Waals surface area contributed by atoms with E-state index >= 15 is 0 Å². The van der Waals surface area contributed by atoms with Crippen LogP contribution in [0.15, 0.2) is 36.4 Å². The number of hydrogen-bond donors (Lipinski definition) is 4. The van der Waals surface area contributed by atoms with E-state index < -0.39 is 0 Å². The maximum absolute atomic E-state index is 9.50. The van der Waals surface area contributed by atoms with Gasteiger partial charge < -0.3 is 21.9 Å². The highest BCUT2D eigenvalue weighted by molar-refractivity contribution is 5.77. The smallest absolute Gasteiger partial charge is 0.120 e. The maximum Gasteiger partial charge on any atom is 0.120 e. The van der Waals surface area contributed by atoms with Crippen LogP contribution in [0, 0.1) is 6.92 Å². The first-order valence-corrected chi connectivity index (χ1v) is 5.28. The van der Waals surface area contributed by atoms with Crippen molar-refractivity contribution in [2.24, 2.45) is 0 Å². The zero-order chi connectivity index (χ0) is 12.4. The van der Waals surface area contributed by atoms with Gasteiger partial charge in [0.1, 0.15) is 5.75 Å². The molecule has 4 heteroatoms. The van der Waals surface area contributed by atoms with Crippen LogP contribution in [-0.2, 0) is 0 Å². The van der Waals surface area contributed by atoms with Crippen LogP contribution in [-0.4, -0.2) is 5.11 Å². The predicted octanol–water partition coefficient (Wildman–Crippen LogP) is 2.61. The van der Waals surface area contributed by atoms with E-state index in [1.807, 2.05) is 24.3 Å². The number of rotatable bonds is 2. The molecular formula is C13H15N3O. The van der Waals surface area contributed by atoms with Crippen LogP contribution in [0.4, 0.5) is 22.7 Å². The van der Waals surface area contributed by atoms with Crippen molar-refractivity contribution >= 4 is 22.7 Å². The van der Waals surface area contributed by atoms with Gasteiger partial charge in [0.2, 0.25) is 0 Å². The van der Waals surface area contributed by atoms with Gasteiger partial charge in [0.15, 0.2) is 0 Å². The molecule has 0 aliphatic carbocycles. The van der Waals surface area contributed by atoms with Gasteiger partial charge in [-0.15, -0.1) is 0 Å². The van der Waals surface area contributed by atoms with E-state index in [0.29, 0.717) is 16.9 Å². The molecule has 4 nitrogen and oxygen atoms in total. The van der Waals surface area contributed by atoms with Crippen LogP contribution >= 0.6 is 0 Å². The van der Waals surface area contributed by atoms with Crippen molar-refractivity contribution in [1.82, 2.24) is 0 Å². The average molecular weight is 229 g/mol. The minimum Gasteiger partial charge on any atom is -0.508 e. The van der Waals surface area contributed by atoms with Gasteiger partial charge in [0.25, 0.3) is 0 Å². The quantitative estimate of drug-likeness (QED) is 0.471. The molecule has 0 unspecified atom stereocenters. The summed E-state index contributed by atoms with van der Waals surface area (Å²) in [5.41, 5.74) is 15.1. The molecule has 0 heterocycles. The minimum absolute atomic E-state index is 0.199. The molecular weight excluding hydrogens is 214 g/mol. The van der Waals surface area contributed by atoms with E-state index in [1.54, 1.807) is 19.1 Å². The zero-order valence-electron chi connectivity index (χ0n) is 9.57. The second-order valence-corrected chi connectivity index (χ2v) is 3.92. The van der Waals surface area contributed by atoms with Crippen LogP contribution in [0.2, 0.25) is 0 Å². The number of phenols is 1. The lowest BCUT2D eigenvalue weighted by atomic mass is 10.1. The van der Waals surface area contributed by atoms with E-state index in [1.165, 1.54) is 0 Å². The molecule has 0 saturated heterocycles. The predicted molar refractivity (Wildman–Crippen MR) is 71.4 cm³/mol. The van der Waals surface area contributed by atoms with E-state index in [-0.39, 0.29) is 5.75 Å². The molecule has 0 saturated carbocycles. The summed E-state index contributed by atoms with van der Waals surface area (Å²) in [5, 5.41) is 12.7. The summed E-state index contributed by atoms with van der Waals surface area (Å²) in [6, 6.07) is 10.7. The van der Waals surface area contributed by atoms with E-state index in [9.17, 15) is 5.11 Å². The molecule has 0 aliphatic heterocycles. The van der Waals surface area contributed by atoms with E-state index in [4.69, 9.17) is 11.5 Å². The van der Waals surface area contributed by atoms with Crippen LogP contribution in [0.5, 0.6) is 5.75 Å². The summed E-state index contributed by atoms with van der Waals surface area (Å²) in [6.45, 7) is 1.78. The van der Waals surface area contributed by atoms with Gasteiger partial charge in [-0.05, 0) is 43.3 Å². The third kappa shape index (κ3) is 2.25. The highest BCUT2D eigenvalue weighted by atomic mass is 16.3. The van der Waals surface area contributed by atoms with E-state index in [2.05, 4.69) is 5.32 Å². The highest BCUT2D eigenvalue weighted by Crippen LogP contribution is 2.31. The van der Waals surface area contributed by atoms with E-state index in [0.717, 1.165) is 11.4 Å². The fourth-order valence-electron chi connectivity index (χ4n) is 1.55. The van der Waals surface area contributed by atoms with Crippen molar-refractivity contribution in [3.8, 4) is 5.75 Å². The molecule has 17 heavy (non-hydrogen) atoms. The highest BCUT2D eigenvalue weighted by Gasteiger charge is 2.06. The summed E-state index contributed by atoms with van der Waals surface area (Å²) < 4.78 is 0. The van der Waals surface area contributed by atoms with Crippen molar-refractivity contribution < 1.29 is 5.11 Å². The Hall–Kier alpha value is -2.36. The Bertz CT molecular complexity index is 535. The van der Waals surface area contributed by atoms with Crippen LogP contribution in [0.1, 0.15) is 5.56 Å². The van der Waals surface area contributed by atoms with Gasteiger partial charge in [0, 0.05) is 16.9 Å². The Morgan fingerprint density at radius 3 is 2.29 bits per heavy atom. The average Bonchev–Trinajstić information content (AvgIpc) is 2.33. The molecule has 0 fully saturated rings. The van der Waals surface area contributed by atoms with Gasteiger partial charge in [-0.3, -0.25) is 0 Å². The summed E-state index contributed by atoms with van der Waals surface area (Å²) in [5.74, 6) is 0.199. The van der Waals surface area contributed by atoms with Gasteiger partial charge in [-0.2, -0.15) is 0 Å². The topological polar surface area (TPSA) is 84.3 Å². The van der Waals surface area contributed by atoms with Crippen molar-refractivity contribution in [1.29, 1.82) is 0 Å². The molecule has 0 aromatic heterocycles. The lowest BCUT2D eigenvalue weighted by Gasteiger charge is -2.12. The summed E-state index contributed by atoms with van der Waals surface area (Å²) in [6.07, 6.45) is 0. The lowest BCUT2D eigenvalue weighted by molar-refractivity contribution is 0.471. The number of benzene rings is 2. The molecule has 0 radical (unpaired) electrons. The second-order valence-electron chi connectivity index (χ2n) is 3.92. The van der Waals surface area contributed by atoms with Crippen molar-refractivity contribution in [2.45, 2.75) is 6.92 Å². The lowest BCUT2D eigenvalue weighted by Crippen LogP contribution is -1.98. The summed E-state index contributed by atoms with van der Waals surface area (Å²) in [7, 11) is 0. The number of phenolic OH excluding ortho intramolecular Hbond substituents is 1. The first kappa shape index (κ1) is 11.1. The third-order valence-corrected chi connectivity index (χ3v) is 2.68. The van der Waals surface area contributed by atoms with Gasteiger partial charge in [0.05, 0.1) is 11.4 Å². The second kappa shape index (κ2) is 4.25. The molecule has 0 atom stereocenters. The fraction of sp³-hybridized carbons (Fsp3) is 0.0769. The molecule has 0 aliphatic rings. The number of aromatic hydroxyl groups is 1. The van der Waals surface area contributed by atoms with Crippen molar-refractivity contribution in [3.63, 3.8) is 0 Å². The number of hydrogen-bond acceptors (Lipinski definition) is 4. The first-order chi connectivity index (χ1) is 8.08. The Labute approximate surface area is 99.9 Å². The first-order valence-electron chi connectivity index (χ1n) is 5.28. The molecule has 0 spiro atoms. The Morgan fingerprint density at radius 2 is 1.65 bits per heavy atom. The number of nitrogens with two attached hydrogens (primary N) is 2. The zero-order valence-corrected chi connectivity index (χ0v) is 9.57.